The van der Waals surface area contributed by atoms with Gasteiger partial charge in [0.1, 0.15) is 17.5 Å². The van der Waals surface area contributed by atoms with Gasteiger partial charge in [0.15, 0.2) is 0 Å². The Morgan fingerprint density at radius 3 is 2.61 bits per heavy atom. The minimum atomic E-state index is -0.372. The van der Waals surface area contributed by atoms with E-state index in [9.17, 15) is 9.59 Å². The fourth-order valence-electron chi connectivity index (χ4n) is 3.55. The van der Waals surface area contributed by atoms with Crippen LogP contribution in [0.15, 0.2) is 39.8 Å². The molecule has 1 aliphatic heterocycles. The number of hydrogen-bond donors (Lipinski definition) is 1. The molecule has 0 saturated carbocycles. The number of furan rings is 1. The van der Waals surface area contributed by atoms with E-state index in [1.54, 1.807) is 14.0 Å². The molecule has 0 unspecified atom stereocenters. The summed E-state index contributed by atoms with van der Waals surface area (Å²) >= 11 is 0. The molecular weight excluding hydrogens is 358 g/mol. The topological polar surface area (TPSA) is 83.6 Å². The maximum atomic E-state index is 13.1. The van der Waals surface area contributed by atoms with E-state index in [4.69, 9.17) is 4.42 Å². The van der Waals surface area contributed by atoms with Crippen molar-refractivity contribution in [3.63, 3.8) is 0 Å². The third kappa shape index (κ3) is 3.16. The zero-order valence-corrected chi connectivity index (χ0v) is 16.2. The van der Waals surface area contributed by atoms with Crippen LogP contribution >= 0.6 is 0 Å². The van der Waals surface area contributed by atoms with Crippen molar-refractivity contribution < 1.29 is 9.21 Å². The fraction of sp³-hybridized carbons (Fsp3) is 0.350. The van der Waals surface area contributed by atoms with Gasteiger partial charge < -0.3 is 24.1 Å². The van der Waals surface area contributed by atoms with Gasteiger partial charge in [-0.1, -0.05) is 12.1 Å². The number of benzene rings is 1. The lowest BCUT2D eigenvalue weighted by Crippen LogP contribution is -2.44. The first-order chi connectivity index (χ1) is 13.5. The first kappa shape index (κ1) is 18.2. The minimum absolute atomic E-state index is 0.179. The summed E-state index contributed by atoms with van der Waals surface area (Å²) in [4.78, 5) is 34.3. The van der Waals surface area contributed by atoms with Crippen molar-refractivity contribution in [2.75, 3.05) is 43.4 Å². The Bertz CT molecular complexity index is 1090. The molecule has 0 radical (unpaired) electrons. The van der Waals surface area contributed by atoms with Gasteiger partial charge in [-0.2, -0.15) is 0 Å². The number of amides is 1. The lowest BCUT2D eigenvalue weighted by Gasteiger charge is -2.35. The molecule has 0 bridgehead atoms. The molecule has 1 saturated heterocycles. The molecular formula is C20H23N5O3. The van der Waals surface area contributed by atoms with Gasteiger partial charge in [0.25, 0.3) is 11.5 Å². The standard InChI is InChI=1S/C20H23N5O3/c1-13-16(17-19(28-13)21-12-24(3)20(17)27)18(26)22-14-6-4-5-7-15(14)25-10-8-23(2)9-11-25/h4-7,12H,8-11H2,1-3H3,(H,22,26). The van der Waals surface area contributed by atoms with E-state index >= 15 is 0 Å². The number of carbonyl (C=O) groups is 1. The molecule has 0 aliphatic carbocycles. The second-order valence-corrected chi connectivity index (χ2v) is 7.14. The monoisotopic (exact) mass is 381 g/mol. The first-order valence-corrected chi connectivity index (χ1v) is 9.24. The van der Waals surface area contributed by atoms with Gasteiger partial charge >= 0.3 is 0 Å². The van der Waals surface area contributed by atoms with Gasteiger partial charge in [-0.15, -0.1) is 0 Å². The van der Waals surface area contributed by atoms with Crippen molar-refractivity contribution in [1.82, 2.24) is 14.5 Å². The van der Waals surface area contributed by atoms with E-state index in [1.807, 2.05) is 24.3 Å². The van der Waals surface area contributed by atoms with Gasteiger partial charge in [0.2, 0.25) is 5.71 Å². The van der Waals surface area contributed by atoms with Crippen molar-refractivity contribution in [3.8, 4) is 0 Å². The molecule has 2 aromatic heterocycles. The number of carbonyl (C=O) groups excluding carboxylic acids is 1. The molecule has 0 atom stereocenters. The van der Waals surface area contributed by atoms with Crippen molar-refractivity contribution in [3.05, 3.63) is 52.3 Å². The van der Waals surface area contributed by atoms with Gasteiger partial charge in [-0.05, 0) is 26.1 Å². The highest BCUT2D eigenvalue weighted by molar-refractivity contribution is 6.13. The number of aryl methyl sites for hydroxylation is 2. The predicted molar refractivity (Wildman–Crippen MR) is 108 cm³/mol. The van der Waals surface area contributed by atoms with Crippen molar-refractivity contribution >= 4 is 28.4 Å². The summed E-state index contributed by atoms with van der Waals surface area (Å²) in [7, 11) is 3.70. The molecule has 1 amide bonds. The summed E-state index contributed by atoms with van der Waals surface area (Å²) in [5, 5.41) is 3.18. The highest BCUT2D eigenvalue weighted by atomic mass is 16.3. The fourth-order valence-corrected chi connectivity index (χ4v) is 3.55. The molecule has 146 valence electrons. The van der Waals surface area contributed by atoms with Crippen LogP contribution in [0.1, 0.15) is 16.1 Å². The van der Waals surface area contributed by atoms with Crippen LogP contribution in [-0.4, -0.2) is 53.6 Å². The number of aromatic nitrogens is 2. The van der Waals surface area contributed by atoms with Crippen LogP contribution in [-0.2, 0) is 7.05 Å². The van der Waals surface area contributed by atoms with Crippen LogP contribution in [0, 0.1) is 6.92 Å². The second kappa shape index (κ2) is 7.12. The highest BCUT2D eigenvalue weighted by Gasteiger charge is 2.24. The number of piperazine rings is 1. The van der Waals surface area contributed by atoms with Gasteiger partial charge in [0.05, 0.1) is 16.9 Å². The number of nitrogens with one attached hydrogen (secondary N) is 1. The average Bonchev–Trinajstić information content (AvgIpc) is 3.03. The van der Waals surface area contributed by atoms with Crippen LogP contribution in [0.5, 0.6) is 0 Å². The Kier molecular flexibility index (Phi) is 4.64. The molecule has 8 heteroatoms. The van der Waals surface area contributed by atoms with E-state index in [0.717, 1.165) is 31.9 Å². The van der Waals surface area contributed by atoms with E-state index < -0.39 is 0 Å². The SMILES string of the molecule is Cc1oc2ncn(C)c(=O)c2c1C(=O)Nc1ccccc1N1CCN(C)CC1. The molecule has 3 aromatic rings. The quantitative estimate of drug-likeness (QED) is 0.745. The Morgan fingerprint density at radius 1 is 1.14 bits per heavy atom. The lowest BCUT2D eigenvalue weighted by atomic mass is 10.1. The average molecular weight is 381 g/mol. The molecule has 1 N–H and O–H groups in total. The molecule has 1 aliphatic rings. The van der Waals surface area contributed by atoms with Gasteiger partial charge in [-0.25, -0.2) is 4.98 Å². The van der Waals surface area contributed by atoms with Crippen LogP contribution in [0.4, 0.5) is 11.4 Å². The molecule has 1 fully saturated rings. The number of anilines is 2. The van der Waals surface area contributed by atoms with E-state index in [0.29, 0.717) is 11.4 Å². The predicted octanol–water partition coefficient (Wildman–Crippen LogP) is 1.84. The van der Waals surface area contributed by atoms with Gasteiger partial charge in [-0.3, -0.25) is 9.59 Å². The summed E-state index contributed by atoms with van der Waals surface area (Å²) in [6.07, 6.45) is 1.39. The number of para-hydroxylation sites is 2. The minimum Gasteiger partial charge on any atom is -0.442 e. The van der Waals surface area contributed by atoms with E-state index in [-0.39, 0.29) is 28.1 Å². The van der Waals surface area contributed by atoms with Crippen molar-refractivity contribution in [2.24, 2.45) is 7.05 Å². The number of likely N-dealkylation sites (N-methyl/N-ethyl adjacent to an activating group) is 1. The molecule has 0 spiro atoms. The number of fused-ring (bicyclic) bond motifs is 1. The molecule has 28 heavy (non-hydrogen) atoms. The smallest absolute Gasteiger partial charge is 0.265 e. The normalized spacial score (nSPS) is 15.2. The summed E-state index contributed by atoms with van der Waals surface area (Å²) in [5.41, 5.74) is 1.79. The van der Waals surface area contributed by atoms with Crippen LogP contribution < -0.4 is 15.8 Å². The van der Waals surface area contributed by atoms with Crippen LogP contribution in [0.2, 0.25) is 0 Å². The largest absolute Gasteiger partial charge is 0.442 e. The second-order valence-electron chi connectivity index (χ2n) is 7.14. The van der Waals surface area contributed by atoms with Crippen LogP contribution in [0.3, 0.4) is 0 Å². The maximum absolute atomic E-state index is 13.1. The molecule has 8 nitrogen and oxygen atoms in total. The third-order valence-electron chi connectivity index (χ3n) is 5.17. The number of rotatable bonds is 3. The van der Waals surface area contributed by atoms with Crippen LogP contribution in [0.25, 0.3) is 11.1 Å². The zero-order chi connectivity index (χ0) is 19.8. The lowest BCUT2D eigenvalue weighted by molar-refractivity contribution is 0.102. The Morgan fingerprint density at radius 2 is 1.86 bits per heavy atom. The van der Waals surface area contributed by atoms with Gasteiger partial charge in [0, 0.05) is 33.2 Å². The number of hydrogen-bond acceptors (Lipinski definition) is 6. The van der Waals surface area contributed by atoms with E-state index in [2.05, 4.69) is 27.1 Å². The Labute approximate surface area is 162 Å². The Balaban J connectivity index is 1.69. The third-order valence-corrected chi connectivity index (χ3v) is 5.17. The zero-order valence-electron chi connectivity index (χ0n) is 16.2. The first-order valence-electron chi connectivity index (χ1n) is 9.24. The highest BCUT2D eigenvalue weighted by Crippen LogP contribution is 2.28. The molecule has 1 aromatic carbocycles. The van der Waals surface area contributed by atoms with Crippen molar-refractivity contribution in [2.45, 2.75) is 6.92 Å². The molecule has 3 heterocycles. The molecule has 4 rings (SSSR count). The summed E-state index contributed by atoms with van der Waals surface area (Å²) < 4.78 is 6.89. The maximum Gasteiger partial charge on any atom is 0.265 e. The van der Waals surface area contributed by atoms with Crippen molar-refractivity contribution in [1.29, 1.82) is 0 Å². The summed E-state index contributed by atoms with van der Waals surface area (Å²) in [5.74, 6) is 0.00306. The van der Waals surface area contributed by atoms with E-state index in [1.165, 1.54) is 10.9 Å². The summed E-state index contributed by atoms with van der Waals surface area (Å²) in [6, 6.07) is 7.72. The summed E-state index contributed by atoms with van der Waals surface area (Å²) in [6.45, 7) is 5.39. The Hall–Kier alpha value is -3.13. The number of nitrogens with zero attached hydrogens (tertiary/aromatic N) is 4.